The van der Waals surface area contributed by atoms with Crippen LogP contribution >= 0.6 is 0 Å². The smallest absolute Gasteiger partial charge is 0.127 e. The maximum Gasteiger partial charge on any atom is 0.127 e. The standard InChI is InChI=1S/C13H9O/c1-2-6-11-10(5-1)9-14-13-8-4-3-7-12(11)13/h1-2,4-8H,9H2. The average molecular weight is 181 g/mol. The summed E-state index contributed by atoms with van der Waals surface area (Å²) in [6.07, 6.45) is 0. The van der Waals surface area contributed by atoms with Gasteiger partial charge < -0.3 is 4.74 Å². The van der Waals surface area contributed by atoms with E-state index in [1.165, 1.54) is 11.1 Å². The Morgan fingerprint density at radius 3 is 3.00 bits per heavy atom. The van der Waals surface area contributed by atoms with Crippen LogP contribution in [0.4, 0.5) is 0 Å². The average Bonchev–Trinajstić information content (AvgIpc) is 2.29. The van der Waals surface area contributed by atoms with Crippen LogP contribution in [0.25, 0.3) is 11.1 Å². The number of ether oxygens (including phenoxy) is 1. The molecule has 2 aromatic carbocycles. The van der Waals surface area contributed by atoms with E-state index >= 15 is 0 Å². The number of fused-ring (bicyclic) bond motifs is 3. The molecule has 0 saturated heterocycles. The van der Waals surface area contributed by atoms with Gasteiger partial charge in [-0.1, -0.05) is 30.3 Å². The number of rotatable bonds is 0. The minimum absolute atomic E-state index is 0.674. The Bertz CT molecular complexity index is 429. The molecule has 0 aliphatic carbocycles. The molecule has 0 spiro atoms. The molecule has 1 heteroatoms. The zero-order chi connectivity index (χ0) is 9.38. The first-order valence-corrected chi connectivity index (χ1v) is 4.66. The predicted octanol–water partition coefficient (Wildman–Crippen LogP) is 3.05. The van der Waals surface area contributed by atoms with E-state index in [9.17, 15) is 0 Å². The molecule has 0 bridgehead atoms. The van der Waals surface area contributed by atoms with E-state index in [1.807, 2.05) is 24.3 Å². The fourth-order valence-electron chi connectivity index (χ4n) is 1.82. The summed E-state index contributed by atoms with van der Waals surface area (Å²) in [4.78, 5) is 0. The molecule has 1 nitrogen and oxygen atoms in total. The molecule has 14 heavy (non-hydrogen) atoms. The summed E-state index contributed by atoms with van der Waals surface area (Å²) in [5.41, 5.74) is 3.67. The lowest BCUT2D eigenvalue weighted by Crippen LogP contribution is -2.04. The summed E-state index contributed by atoms with van der Waals surface area (Å²) >= 11 is 0. The van der Waals surface area contributed by atoms with Gasteiger partial charge in [0.1, 0.15) is 12.4 Å². The minimum atomic E-state index is 0.674. The van der Waals surface area contributed by atoms with Crippen molar-refractivity contribution in [2.24, 2.45) is 0 Å². The third kappa shape index (κ3) is 1.02. The third-order valence-electron chi connectivity index (χ3n) is 2.51. The van der Waals surface area contributed by atoms with Crippen molar-refractivity contribution in [1.29, 1.82) is 0 Å². The van der Waals surface area contributed by atoms with Crippen molar-refractivity contribution in [2.45, 2.75) is 6.61 Å². The molecular weight excluding hydrogens is 172 g/mol. The Morgan fingerprint density at radius 1 is 1.07 bits per heavy atom. The summed E-state index contributed by atoms with van der Waals surface area (Å²) in [6, 6.07) is 17.2. The maximum atomic E-state index is 5.63. The second-order valence-electron chi connectivity index (χ2n) is 3.37. The van der Waals surface area contributed by atoms with Gasteiger partial charge >= 0.3 is 0 Å². The second-order valence-corrected chi connectivity index (χ2v) is 3.37. The Balaban J connectivity index is 2.29. The van der Waals surface area contributed by atoms with Gasteiger partial charge in [0.25, 0.3) is 0 Å². The van der Waals surface area contributed by atoms with Crippen LogP contribution in [-0.2, 0) is 6.61 Å². The highest BCUT2D eigenvalue weighted by atomic mass is 16.5. The van der Waals surface area contributed by atoms with E-state index in [-0.39, 0.29) is 0 Å². The largest absolute Gasteiger partial charge is 0.488 e. The summed E-state index contributed by atoms with van der Waals surface area (Å²) in [7, 11) is 0. The Hall–Kier alpha value is -1.76. The highest BCUT2D eigenvalue weighted by Crippen LogP contribution is 2.36. The first-order valence-electron chi connectivity index (χ1n) is 4.66. The van der Waals surface area contributed by atoms with Gasteiger partial charge in [0.05, 0.1) is 0 Å². The molecule has 0 fully saturated rings. The molecule has 3 rings (SSSR count). The van der Waals surface area contributed by atoms with Crippen LogP contribution in [0.1, 0.15) is 5.56 Å². The van der Waals surface area contributed by atoms with Crippen molar-refractivity contribution in [2.75, 3.05) is 0 Å². The van der Waals surface area contributed by atoms with E-state index in [2.05, 4.69) is 24.3 Å². The minimum Gasteiger partial charge on any atom is -0.488 e. The first-order chi connectivity index (χ1) is 6.95. The monoisotopic (exact) mass is 181 g/mol. The number of benzene rings is 2. The van der Waals surface area contributed by atoms with Gasteiger partial charge in [0.2, 0.25) is 0 Å². The zero-order valence-corrected chi connectivity index (χ0v) is 7.66. The summed E-state index contributed by atoms with van der Waals surface area (Å²) in [5.74, 6) is 0.961. The molecule has 0 amide bonds. The van der Waals surface area contributed by atoms with Crippen LogP contribution in [0.5, 0.6) is 5.75 Å². The maximum absolute atomic E-state index is 5.63. The fourth-order valence-corrected chi connectivity index (χ4v) is 1.82. The van der Waals surface area contributed by atoms with Crippen LogP contribution in [0.15, 0.2) is 42.5 Å². The van der Waals surface area contributed by atoms with Crippen LogP contribution < -0.4 is 4.74 Å². The topological polar surface area (TPSA) is 9.23 Å². The normalized spacial score (nSPS) is 12.6. The highest BCUT2D eigenvalue weighted by molar-refractivity contribution is 5.74. The van der Waals surface area contributed by atoms with Gasteiger partial charge in [-0.2, -0.15) is 0 Å². The quantitative estimate of drug-likeness (QED) is 0.607. The summed E-state index contributed by atoms with van der Waals surface area (Å²) < 4.78 is 5.63. The van der Waals surface area contributed by atoms with Crippen LogP contribution in [-0.4, -0.2) is 0 Å². The van der Waals surface area contributed by atoms with Crippen molar-refractivity contribution in [3.05, 3.63) is 54.1 Å². The second kappa shape index (κ2) is 2.88. The molecule has 0 atom stereocenters. The van der Waals surface area contributed by atoms with Crippen molar-refractivity contribution in [3.8, 4) is 16.9 Å². The molecule has 2 aromatic rings. The highest BCUT2D eigenvalue weighted by Gasteiger charge is 2.14. The van der Waals surface area contributed by atoms with Crippen molar-refractivity contribution in [1.82, 2.24) is 0 Å². The number of hydrogen-bond acceptors (Lipinski definition) is 1. The Labute approximate surface area is 83.0 Å². The molecule has 0 unspecified atom stereocenters. The van der Waals surface area contributed by atoms with Crippen LogP contribution in [0.3, 0.4) is 0 Å². The molecular formula is C13H9O. The predicted molar refractivity (Wildman–Crippen MR) is 55.0 cm³/mol. The van der Waals surface area contributed by atoms with Crippen molar-refractivity contribution in [3.63, 3.8) is 0 Å². The van der Waals surface area contributed by atoms with Crippen molar-refractivity contribution < 1.29 is 4.74 Å². The van der Waals surface area contributed by atoms with Crippen molar-refractivity contribution >= 4 is 0 Å². The molecule has 67 valence electrons. The molecule has 1 aliphatic heterocycles. The number of hydrogen-bond donors (Lipinski definition) is 0. The van der Waals surface area contributed by atoms with E-state index in [4.69, 9.17) is 4.74 Å². The van der Waals surface area contributed by atoms with Gasteiger partial charge in [-0.15, -0.1) is 0 Å². The summed E-state index contributed by atoms with van der Waals surface area (Å²) in [5, 5.41) is 0. The summed E-state index contributed by atoms with van der Waals surface area (Å²) in [6.45, 7) is 0.674. The van der Waals surface area contributed by atoms with Gasteiger partial charge in [-0.25, -0.2) is 0 Å². The first kappa shape index (κ1) is 7.63. The van der Waals surface area contributed by atoms with Gasteiger partial charge in [-0.05, 0) is 29.3 Å². The molecule has 1 radical (unpaired) electrons. The van der Waals surface area contributed by atoms with E-state index in [1.54, 1.807) is 0 Å². The van der Waals surface area contributed by atoms with Crippen LogP contribution in [0, 0.1) is 6.07 Å². The lowest BCUT2D eigenvalue weighted by atomic mass is 9.97. The van der Waals surface area contributed by atoms with E-state index in [0.29, 0.717) is 6.61 Å². The Morgan fingerprint density at radius 2 is 2.00 bits per heavy atom. The fraction of sp³-hybridized carbons (Fsp3) is 0.0769. The van der Waals surface area contributed by atoms with E-state index < -0.39 is 0 Å². The molecule has 0 N–H and O–H groups in total. The Kier molecular flexibility index (Phi) is 1.57. The molecule has 1 aliphatic rings. The van der Waals surface area contributed by atoms with Gasteiger partial charge in [0, 0.05) is 5.56 Å². The zero-order valence-electron chi connectivity index (χ0n) is 7.66. The molecule has 0 saturated carbocycles. The van der Waals surface area contributed by atoms with Crippen LogP contribution in [0.2, 0.25) is 0 Å². The molecule has 1 heterocycles. The molecule has 0 aromatic heterocycles. The SMILES string of the molecule is [c]1ccc2c(c1)-c1ccccc1CO2. The lowest BCUT2D eigenvalue weighted by Gasteiger charge is -2.19. The lowest BCUT2D eigenvalue weighted by molar-refractivity contribution is 0.302. The van der Waals surface area contributed by atoms with Gasteiger partial charge in [-0.3, -0.25) is 0 Å². The van der Waals surface area contributed by atoms with E-state index in [0.717, 1.165) is 11.3 Å². The van der Waals surface area contributed by atoms with Gasteiger partial charge in [0.15, 0.2) is 0 Å². The third-order valence-corrected chi connectivity index (χ3v) is 2.51.